The van der Waals surface area contributed by atoms with Crippen molar-refractivity contribution in [2.24, 2.45) is 5.84 Å². The van der Waals surface area contributed by atoms with Gasteiger partial charge in [0.15, 0.2) is 0 Å². The summed E-state index contributed by atoms with van der Waals surface area (Å²) >= 11 is 3.32. The molecule has 0 saturated heterocycles. The summed E-state index contributed by atoms with van der Waals surface area (Å²) in [5.41, 5.74) is 3.25. The number of aromatic nitrogens is 1. The van der Waals surface area contributed by atoms with E-state index in [-0.39, 0.29) is 5.56 Å². The molecule has 1 aromatic heterocycles. The highest BCUT2D eigenvalue weighted by molar-refractivity contribution is 9.10. The standard InChI is InChI=1S/C12H10BrF2N3/c13-9-2-1-5-17-12(9)11(18-16)8-4-3-7(14)6-10(8)15/h1-6,11,18H,16H2. The number of hydrazine groups is 1. The van der Waals surface area contributed by atoms with Crippen molar-refractivity contribution in [3.05, 3.63) is 63.9 Å². The lowest BCUT2D eigenvalue weighted by Crippen LogP contribution is -2.30. The number of halogens is 3. The first-order valence-electron chi connectivity index (χ1n) is 5.15. The van der Waals surface area contributed by atoms with E-state index >= 15 is 0 Å². The summed E-state index contributed by atoms with van der Waals surface area (Å²) in [6, 6.07) is 6.20. The Morgan fingerprint density at radius 1 is 1.28 bits per heavy atom. The molecule has 6 heteroatoms. The van der Waals surface area contributed by atoms with Gasteiger partial charge in [-0.15, -0.1) is 0 Å². The number of benzene rings is 1. The number of rotatable bonds is 3. The first-order chi connectivity index (χ1) is 8.63. The molecule has 1 heterocycles. The van der Waals surface area contributed by atoms with E-state index in [0.29, 0.717) is 10.2 Å². The number of pyridine rings is 1. The average molecular weight is 314 g/mol. The molecule has 0 aliphatic heterocycles. The van der Waals surface area contributed by atoms with Crippen LogP contribution in [0.15, 0.2) is 41.0 Å². The van der Waals surface area contributed by atoms with Gasteiger partial charge in [-0.3, -0.25) is 10.8 Å². The Kier molecular flexibility index (Phi) is 4.00. The second-order valence-corrected chi connectivity index (χ2v) is 4.49. The van der Waals surface area contributed by atoms with Crippen LogP contribution in [0.25, 0.3) is 0 Å². The van der Waals surface area contributed by atoms with E-state index in [9.17, 15) is 8.78 Å². The Morgan fingerprint density at radius 2 is 2.06 bits per heavy atom. The smallest absolute Gasteiger partial charge is 0.131 e. The lowest BCUT2D eigenvalue weighted by molar-refractivity contribution is 0.535. The highest BCUT2D eigenvalue weighted by Gasteiger charge is 2.20. The van der Waals surface area contributed by atoms with Gasteiger partial charge >= 0.3 is 0 Å². The molecule has 0 saturated carbocycles. The van der Waals surface area contributed by atoms with E-state index in [1.165, 1.54) is 12.1 Å². The molecule has 0 radical (unpaired) electrons. The summed E-state index contributed by atoms with van der Waals surface area (Å²) in [7, 11) is 0. The van der Waals surface area contributed by atoms with Crippen LogP contribution < -0.4 is 11.3 Å². The van der Waals surface area contributed by atoms with Crippen LogP contribution in [0.3, 0.4) is 0 Å². The van der Waals surface area contributed by atoms with Gasteiger partial charge in [0.05, 0.1) is 11.7 Å². The Morgan fingerprint density at radius 3 is 2.67 bits per heavy atom. The molecule has 3 N–H and O–H groups in total. The van der Waals surface area contributed by atoms with Crippen molar-refractivity contribution >= 4 is 15.9 Å². The number of hydrogen-bond acceptors (Lipinski definition) is 3. The Balaban J connectivity index is 2.49. The van der Waals surface area contributed by atoms with Gasteiger partial charge < -0.3 is 0 Å². The van der Waals surface area contributed by atoms with Gasteiger partial charge in [-0.05, 0) is 34.1 Å². The quantitative estimate of drug-likeness (QED) is 0.676. The molecule has 1 atom stereocenters. The molecule has 1 aromatic carbocycles. The molecule has 0 spiro atoms. The molecule has 0 aliphatic rings. The summed E-state index contributed by atoms with van der Waals surface area (Å²) < 4.78 is 27.3. The molecule has 0 fully saturated rings. The number of nitrogens with one attached hydrogen (secondary N) is 1. The third-order valence-corrected chi connectivity index (χ3v) is 3.17. The molecule has 2 rings (SSSR count). The molecule has 18 heavy (non-hydrogen) atoms. The fourth-order valence-corrected chi connectivity index (χ4v) is 2.15. The third-order valence-electron chi connectivity index (χ3n) is 2.50. The van der Waals surface area contributed by atoms with E-state index < -0.39 is 17.7 Å². The van der Waals surface area contributed by atoms with Crippen LogP contribution in [0.2, 0.25) is 0 Å². The minimum Gasteiger partial charge on any atom is -0.271 e. The maximum atomic E-state index is 13.7. The van der Waals surface area contributed by atoms with Crippen LogP contribution in [-0.2, 0) is 0 Å². The maximum absolute atomic E-state index is 13.7. The monoisotopic (exact) mass is 313 g/mol. The first kappa shape index (κ1) is 13.1. The van der Waals surface area contributed by atoms with Gasteiger partial charge in [-0.25, -0.2) is 14.2 Å². The van der Waals surface area contributed by atoms with Crippen LogP contribution in [-0.4, -0.2) is 4.98 Å². The van der Waals surface area contributed by atoms with E-state index in [1.54, 1.807) is 18.3 Å². The van der Waals surface area contributed by atoms with Gasteiger partial charge in [-0.1, -0.05) is 6.07 Å². The van der Waals surface area contributed by atoms with Crippen molar-refractivity contribution in [1.29, 1.82) is 0 Å². The second kappa shape index (κ2) is 5.51. The topological polar surface area (TPSA) is 50.9 Å². The predicted octanol–water partition coefficient (Wildman–Crippen LogP) is 2.68. The average Bonchev–Trinajstić information content (AvgIpc) is 2.34. The van der Waals surface area contributed by atoms with E-state index in [2.05, 4.69) is 26.3 Å². The minimum atomic E-state index is -0.671. The zero-order valence-electron chi connectivity index (χ0n) is 9.20. The number of hydrogen-bond donors (Lipinski definition) is 2. The second-order valence-electron chi connectivity index (χ2n) is 3.64. The summed E-state index contributed by atoms with van der Waals surface area (Å²) in [5.74, 6) is 4.14. The molecule has 0 bridgehead atoms. The van der Waals surface area contributed by atoms with E-state index in [4.69, 9.17) is 5.84 Å². The normalized spacial score (nSPS) is 12.4. The van der Waals surface area contributed by atoms with E-state index in [0.717, 1.165) is 6.07 Å². The minimum absolute atomic E-state index is 0.235. The Labute approximate surface area is 111 Å². The predicted molar refractivity (Wildman–Crippen MR) is 67.5 cm³/mol. The third kappa shape index (κ3) is 2.55. The highest BCUT2D eigenvalue weighted by Crippen LogP contribution is 2.27. The van der Waals surface area contributed by atoms with E-state index in [1.807, 2.05) is 0 Å². The van der Waals surface area contributed by atoms with Gasteiger partial charge in [0, 0.05) is 22.3 Å². The van der Waals surface area contributed by atoms with Crippen LogP contribution in [0.1, 0.15) is 17.3 Å². The molecule has 94 valence electrons. The van der Waals surface area contributed by atoms with Gasteiger partial charge in [0.1, 0.15) is 11.6 Å². The Bertz CT molecular complexity index is 563. The van der Waals surface area contributed by atoms with Crippen molar-refractivity contribution in [3.8, 4) is 0 Å². The molecule has 0 aliphatic carbocycles. The fraction of sp³-hybridized carbons (Fsp3) is 0.0833. The van der Waals surface area contributed by atoms with Gasteiger partial charge in [0.2, 0.25) is 0 Å². The molecule has 0 amide bonds. The zero-order chi connectivity index (χ0) is 13.1. The lowest BCUT2D eigenvalue weighted by atomic mass is 10.0. The maximum Gasteiger partial charge on any atom is 0.131 e. The first-order valence-corrected chi connectivity index (χ1v) is 5.94. The summed E-state index contributed by atoms with van der Waals surface area (Å²) in [5, 5.41) is 0. The van der Waals surface area contributed by atoms with Crippen LogP contribution in [0, 0.1) is 11.6 Å². The lowest BCUT2D eigenvalue weighted by Gasteiger charge is -2.17. The molecule has 1 unspecified atom stereocenters. The molecule has 2 aromatic rings. The molecule has 3 nitrogen and oxygen atoms in total. The van der Waals surface area contributed by atoms with Crippen molar-refractivity contribution in [3.63, 3.8) is 0 Å². The summed E-state index contributed by atoms with van der Waals surface area (Å²) in [6.45, 7) is 0. The Hall–Kier alpha value is -1.37. The number of nitrogens with two attached hydrogens (primary N) is 1. The summed E-state index contributed by atoms with van der Waals surface area (Å²) in [6.07, 6.45) is 1.58. The number of nitrogens with zero attached hydrogens (tertiary/aromatic N) is 1. The van der Waals surface area contributed by atoms with Crippen molar-refractivity contribution < 1.29 is 8.78 Å². The van der Waals surface area contributed by atoms with Crippen LogP contribution in [0.5, 0.6) is 0 Å². The molecular weight excluding hydrogens is 304 g/mol. The SMILES string of the molecule is NNC(c1ccc(F)cc1F)c1ncccc1Br. The van der Waals surface area contributed by atoms with Crippen LogP contribution >= 0.6 is 15.9 Å². The van der Waals surface area contributed by atoms with Crippen molar-refractivity contribution in [2.75, 3.05) is 0 Å². The highest BCUT2D eigenvalue weighted by atomic mass is 79.9. The van der Waals surface area contributed by atoms with Gasteiger partial charge in [-0.2, -0.15) is 0 Å². The molecular formula is C12H10BrF2N3. The van der Waals surface area contributed by atoms with Crippen molar-refractivity contribution in [2.45, 2.75) is 6.04 Å². The largest absolute Gasteiger partial charge is 0.271 e. The summed E-state index contributed by atoms with van der Waals surface area (Å²) in [4.78, 5) is 4.14. The van der Waals surface area contributed by atoms with Gasteiger partial charge in [0.25, 0.3) is 0 Å². The fourth-order valence-electron chi connectivity index (χ4n) is 1.66. The van der Waals surface area contributed by atoms with Crippen LogP contribution in [0.4, 0.5) is 8.78 Å². The zero-order valence-corrected chi connectivity index (χ0v) is 10.8. The van der Waals surface area contributed by atoms with Crippen molar-refractivity contribution in [1.82, 2.24) is 10.4 Å².